The number of carbonyl (C=O) groups is 1. The summed E-state index contributed by atoms with van der Waals surface area (Å²) < 4.78 is 1.78. The normalized spacial score (nSPS) is 10.6. The molecule has 2 aromatic rings. The van der Waals surface area contributed by atoms with Crippen molar-refractivity contribution >= 4 is 11.7 Å². The molecule has 0 aromatic carbocycles. The summed E-state index contributed by atoms with van der Waals surface area (Å²) >= 11 is 0. The maximum absolute atomic E-state index is 10.3. The van der Waals surface area contributed by atoms with Crippen molar-refractivity contribution in [2.45, 2.75) is 12.8 Å². The van der Waals surface area contributed by atoms with Crippen LogP contribution in [0.3, 0.4) is 0 Å². The third-order valence-electron chi connectivity index (χ3n) is 1.91. The molecular formula is C9H9N3O2. The van der Waals surface area contributed by atoms with Gasteiger partial charge in [0.05, 0.1) is 6.42 Å². The fourth-order valence-electron chi connectivity index (χ4n) is 1.21. The third kappa shape index (κ3) is 1.71. The molecule has 2 aromatic heterocycles. The number of imidazole rings is 1. The number of hydrogen-bond donors (Lipinski definition) is 1. The Bertz CT molecular complexity index is 464. The molecule has 0 aliphatic rings. The number of aliphatic carboxylic acids is 1. The molecule has 0 amide bonds. The minimum absolute atomic E-state index is 0.101. The third-order valence-corrected chi connectivity index (χ3v) is 1.91. The Morgan fingerprint density at radius 2 is 2.36 bits per heavy atom. The molecule has 5 nitrogen and oxygen atoms in total. The number of hydrogen-bond acceptors (Lipinski definition) is 3. The summed E-state index contributed by atoms with van der Waals surface area (Å²) in [6, 6.07) is 1.80. The van der Waals surface area contributed by atoms with E-state index < -0.39 is 5.97 Å². The van der Waals surface area contributed by atoms with Crippen LogP contribution in [0, 0.1) is 0 Å². The largest absolute Gasteiger partial charge is 0.481 e. The van der Waals surface area contributed by atoms with Crippen LogP contribution in [0.25, 0.3) is 5.78 Å². The monoisotopic (exact) mass is 191 g/mol. The zero-order valence-corrected chi connectivity index (χ0v) is 7.42. The first-order chi connectivity index (χ1) is 6.75. The van der Waals surface area contributed by atoms with Crippen molar-refractivity contribution in [1.82, 2.24) is 14.4 Å². The fourth-order valence-corrected chi connectivity index (χ4v) is 1.21. The Morgan fingerprint density at radius 3 is 3.14 bits per heavy atom. The Morgan fingerprint density at radius 1 is 1.50 bits per heavy atom. The molecule has 2 rings (SSSR count). The van der Waals surface area contributed by atoms with Gasteiger partial charge in [0, 0.05) is 30.7 Å². The molecule has 0 saturated carbocycles. The lowest BCUT2D eigenvalue weighted by Crippen LogP contribution is -2.00. The van der Waals surface area contributed by atoms with E-state index in [1.54, 1.807) is 22.9 Å². The van der Waals surface area contributed by atoms with Crippen molar-refractivity contribution in [2.24, 2.45) is 0 Å². The number of aromatic nitrogens is 3. The Kier molecular flexibility index (Phi) is 2.14. The molecule has 0 atom stereocenters. The highest BCUT2D eigenvalue weighted by atomic mass is 16.4. The first kappa shape index (κ1) is 8.68. The van der Waals surface area contributed by atoms with Gasteiger partial charge in [-0.05, 0) is 6.07 Å². The number of carboxylic acid groups (broad SMARTS) is 1. The van der Waals surface area contributed by atoms with E-state index >= 15 is 0 Å². The van der Waals surface area contributed by atoms with Gasteiger partial charge >= 0.3 is 5.97 Å². The molecule has 0 aliphatic heterocycles. The molecule has 0 radical (unpaired) electrons. The summed E-state index contributed by atoms with van der Waals surface area (Å²) in [5, 5.41) is 8.50. The van der Waals surface area contributed by atoms with E-state index in [2.05, 4.69) is 9.97 Å². The smallest absolute Gasteiger partial charge is 0.303 e. The van der Waals surface area contributed by atoms with Gasteiger partial charge in [-0.1, -0.05) is 0 Å². The molecule has 72 valence electrons. The molecule has 5 heteroatoms. The van der Waals surface area contributed by atoms with E-state index in [0.717, 1.165) is 5.69 Å². The van der Waals surface area contributed by atoms with Gasteiger partial charge in [-0.15, -0.1) is 0 Å². The van der Waals surface area contributed by atoms with E-state index in [9.17, 15) is 4.79 Å². The summed E-state index contributed by atoms with van der Waals surface area (Å²) in [5.74, 6) is -0.206. The van der Waals surface area contributed by atoms with E-state index in [-0.39, 0.29) is 6.42 Å². The molecule has 0 unspecified atom stereocenters. The number of aryl methyl sites for hydroxylation is 1. The van der Waals surface area contributed by atoms with Gasteiger partial charge in [0.2, 0.25) is 5.78 Å². The lowest BCUT2D eigenvalue weighted by Gasteiger charge is -1.98. The van der Waals surface area contributed by atoms with Gasteiger partial charge in [0.25, 0.3) is 0 Å². The molecule has 0 saturated heterocycles. The summed E-state index contributed by atoms with van der Waals surface area (Å²) in [6.45, 7) is 0. The van der Waals surface area contributed by atoms with Crippen molar-refractivity contribution in [3.05, 3.63) is 30.4 Å². The quantitative estimate of drug-likeness (QED) is 0.777. The number of rotatable bonds is 3. The van der Waals surface area contributed by atoms with Crippen LogP contribution in [0.1, 0.15) is 12.1 Å². The minimum atomic E-state index is -0.810. The van der Waals surface area contributed by atoms with Gasteiger partial charge in [-0.2, -0.15) is 0 Å². The predicted molar refractivity (Wildman–Crippen MR) is 48.9 cm³/mol. The summed E-state index contributed by atoms with van der Waals surface area (Å²) in [5.41, 5.74) is 0.756. The Hall–Kier alpha value is -1.91. The Labute approximate surface area is 80.0 Å². The highest BCUT2D eigenvalue weighted by Crippen LogP contribution is 2.02. The Balaban J connectivity index is 2.21. The van der Waals surface area contributed by atoms with Crippen molar-refractivity contribution in [2.75, 3.05) is 0 Å². The van der Waals surface area contributed by atoms with Crippen LogP contribution >= 0.6 is 0 Å². The van der Waals surface area contributed by atoms with E-state index in [0.29, 0.717) is 12.2 Å². The van der Waals surface area contributed by atoms with Crippen molar-refractivity contribution in [3.8, 4) is 0 Å². The van der Waals surface area contributed by atoms with Crippen LogP contribution in [0.4, 0.5) is 0 Å². The average molecular weight is 191 g/mol. The molecule has 0 aliphatic carbocycles. The highest BCUT2D eigenvalue weighted by molar-refractivity contribution is 5.66. The first-order valence-electron chi connectivity index (χ1n) is 4.26. The summed E-state index contributed by atoms with van der Waals surface area (Å²) in [7, 11) is 0. The second-order valence-corrected chi connectivity index (χ2v) is 2.95. The molecule has 2 heterocycles. The van der Waals surface area contributed by atoms with Gasteiger partial charge in [0.15, 0.2) is 0 Å². The van der Waals surface area contributed by atoms with Crippen molar-refractivity contribution in [1.29, 1.82) is 0 Å². The van der Waals surface area contributed by atoms with E-state index in [1.165, 1.54) is 0 Å². The van der Waals surface area contributed by atoms with Gasteiger partial charge in [-0.25, -0.2) is 9.97 Å². The molecule has 1 N–H and O–H groups in total. The summed E-state index contributed by atoms with van der Waals surface area (Å²) in [6.07, 6.45) is 5.82. The second-order valence-electron chi connectivity index (χ2n) is 2.95. The molecule has 0 fully saturated rings. The fraction of sp³-hybridized carbons (Fsp3) is 0.222. The van der Waals surface area contributed by atoms with Gasteiger partial charge < -0.3 is 5.11 Å². The topological polar surface area (TPSA) is 67.5 Å². The standard InChI is InChI=1S/C9H9N3O2/c13-8(14)2-1-7-3-5-12-6-4-10-9(12)11-7/h3-6H,1-2H2,(H,13,14). The van der Waals surface area contributed by atoms with Crippen LogP contribution in [0.15, 0.2) is 24.7 Å². The van der Waals surface area contributed by atoms with Gasteiger partial charge in [-0.3, -0.25) is 9.20 Å². The van der Waals surface area contributed by atoms with Crippen LogP contribution < -0.4 is 0 Å². The van der Waals surface area contributed by atoms with Crippen LogP contribution in [-0.2, 0) is 11.2 Å². The average Bonchev–Trinajstić information content (AvgIpc) is 2.61. The zero-order valence-electron chi connectivity index (χ0n) is 7.42. The molecule has 0 bridgehead atoms. The van der Waals surface area contributed by atoms with E-state index in [4.69, 9.17) is 5.11 Å². The predicted octanol–water partition coefficient (Wildman–Crippen LogP) is 0.746. The first-order valence-corrected chi connectivity index (χ1v) is 4.26. The molecular weight excluding hydrogens is 182 g/mol. The van der Waals surface area contributed by atoms with Crippen LogP contribution in [0.2, 0.25) is 0 Å². The molecule has 0 spiro atoms. The van der Waals surface area contributed by atoms with Crippen molar-refractivity contribution < 1.29 is 9.90 Å². The maximum Gasteiger partial charge on any atom is 0.303 e. The number of fused-ring (bicyclic) bond motifs is 1. The molecule has 14 heavy (non-hydrogen) atoms. The van der Waals surface area contributed by atoms with Gasteiger partial charge in [0.1, 0.15) is 0 Å². The van der Waals surface area contributed by atoms with Crippen molar-refractivity contribution in [3.63, 3.8) is 0 Å². The zero-order chi connectivity index (χ0) is 9.97. The minimum Gasteiger partial charge on any atom is -0.481 e. The second kappa shape index (κ2) is 3.45. The highest BCUT2D eigenvalue weighted by Gasteiger charge is 2.01. The lowest BCUT2D eigenvalue weighted by atomic mass is 10.2. The van der Waals surface area contributed by atoms with Crippen LogP contribution in [0.5, 0.6) is 0 Å². The number of carboxylic acids is 1. The lowest BCUT2D eigenvalue weighted by molar-refractivity contribution is -0.136. The van der Waals surface area contributed by atoms with E-state index in [1.807, 2.05) is 6.20 Å². The van der Waals surface area contributed by atoms with Crippen LogP contribution in [-0.4, -0.2) is 25.4 Å². The number of nitrogens with zero attached hydrogens (tertiary/aromatic N) is 3. The maximum atomic E-state index is 10.3. The SMILES string of the molecule is O=C(O)CCc1ccn2ccnc2n1. The summed E-state index contributed by atoms with van der Waals surface area (Å²) in [4.78, 5) is 18.5.